The van der Waals surface area contributed by atoms with Gasteiger partial charge >= 0.3 is 0 Å². The van der Waals surface area contributed by atoms with Crippen LogP contribution in [-0.4, -0.2) is 23.7 Å². The summed E-state index contributed by atoms with van der Waals surface area (Å²) in [4.78, 5) is 12.1. The highest BCUT2D eigenvalue weighted by Crippen LogP contribution is 2.26. The van der Waals surface area contributed by atoms with E-state index in [0.717, 1.165) is 30.2 Å². The van der Waals surface area contributed by atoms with Crippen molar-refractivity contribution in [1.82, 2.24) is 5.32 Å². The summed E-state index contributed by atoms with van der Waals surface area (Å²) in [6, 6.07) is 5.30. The van der Waals surface area contributed by atoms with Crippen LogP contribution in [0.2, 0.25) is 5.02 Å². The van der Waals surface area contributed by atoms with Crippen LogP contribution in [0.1, 0.15) is 36.0 Å². The molecule has 1 aliphatic carbocycles. The third kappa shape index (κ3) is 3.94. The lowest BCUT2D eigenvalue weighted by Gasteiger charge is -2.25. The van der Waals surface area contributed by atoms with Crippen LogP contribution in [0.4, 0.5) is 0 Å². The first-order valence-corrected chi connectivity index (χ1v) is 7.65. The zero-order valence-electron chi connectivity index (χ0n) is 10.5. The van der Waals surface area contributed by atoms with E-state index in [4.69, 9.17) is 11.6 Å². The zero-order valence-corrected chi connectivity index (χ0v) is 12.9. The van der Waals surface area contributed by atoms with Gasteiger partial charge in [-0.1, -0.05) is 24.1 Å². The lowest BCUT2D eigenvalue weighted by molar-refractivity contribution is 0.0874. The number of hydrogen-bond acceptors (Lipinski definition) is 2. The van der Waals surface area contributed by atoms with E-state index in [2.05, 4.69) is 21.2 Å². The molecule has 2 unspecified atom stereocenters. The van der Waals surface area contributed by atoms with E-state index in [1.165, 1.54) is 0 Å². The highest BCUT2D eigenvalue weighted by atomic mass is 79.9. The minimum atomic E-state index is -0.217. The molecule has 0 bridgehead atoms. The highest BCUT2D eigenvalue weighted by Gasteiger charge is 2.21. The van der Waals surface area contributed by atoms with Gasteiger partial charge in [-0.05, 0) is 53.2 Å². The minimum Gasteiger partial charge on any atom is -0.393 e. The van der Waals surface area contributed by atoms with Crippen LogP contribution in [-0.2, 0) is 0 Å². The number of amides is 1. The van der Waals surface area contributed by atoms with Crippen molar-refractivity contribution < 1.29 is 9.90 Å². The molecule has 0 saturated heterocycles. The molecule has 19 heavy (non-hydrogen) atoms. The Morgan fingerprint density at radius 1 is 1.47 bits per heavy atom. The Morgan fingerprint density at radius 3 is 3.00 bits per heavy atom. The van der Waals surface area contributed by atoms with Crippen LogP contribution in [0.15, 0.2) is 22.7 Å². The summed E-state index contributed by atoms with van der Waals surface area (Å²) in [5.41, 5.74) is 0.479. The fourth-order valence-corrected chi connectivity index (χ4v) is 3.04. The summed E-state index contributed by atoms with van der Waals surface area (Å²) in [6.07, 6.45) is 3.52. The maximum atomic E-state index is 12.1. The average Bonchev–Trinajstić information content (AvgIpc) is 2.39. The molecule has 5 heteroatoms. The van der Waals surface area contributed by atoms with Crippen LogP contribution in [0, 0.1) is 5.92 Å². The van der Waals surface area contributed by atoms with Crippen molar-refractivity contribution in [2.75, 3.05) is 6.54 Å². The molecule has 1 aromatic rings. The standard InChI is InChI=1S/C14H17BrClNO2/c15-12-6-2-5-11(13(12)16)14(19)17-8-9-3-1-4-10(18)7-9/h2,5-6,9-10,18H,1,3-4,7-8H2,(H,17,19). The van der Waals surface area contributed by atoms with Crippen molar-refractivity contribution in [1.29, 1.82) is 0 Å². The molecule has 2 atom stereocenters. The molecule has 0 heterocycles. The fraction of sp³-hybridized carbons (Fsp3) is 0.500. The summed E-state index contributed by atoms with van der Waals surface area (Å²) >= 11 is 9.39. The first-order chi connectivity index (χ1) is 9.08. The molecule has 1 amide bonds. The lowest BCUT2D eigenvalue weighted by atomic mass is 9.87. The van der Waals surface area contributed by atoms with Gasteiger partial charge in [0, 0.05) is 11.0 Å². The Labute approximate surface area is 126 Å². The molecule has 0 aromatic heterocycles. The molecule has 3 nitrogen and oxygen atoms in total. The molecular formula is C14H17BrClNO2. The van der Waals surface area contributed by atoms with Crippen LogP contribution < -0.4 is 5.32 Å². The quantitative estimate of drug-likeness (QED) is 0.881. The third-order valence-electron chi connectivity index (χ3n) is 3.50. The maximum Gasteiger partial charge on any atom is 0.252 e. The highest BCUT2D eigenvalue weighted by molar-refractivity contribution is 9.10. The van der Waals surface area contributed by atoms with Crippen molar-refractivity contribution in [2.45, 2.75) is 31.8 Å². The second-order valence-corrected chi connectivity index (χ2v) is 6.23. The van der Waals surface area contributed by atoms with Gasteiger partial charge in [0.15, 0.2) is 0 Å². The number of rotatable bonds is 3. The van der Waals surface area contributed by atoms with Crippen LogP contribution >= 0.6 is 27.5 Å². The zero-order chi connectivity index (χ0) is 13.8. The molecule has 2 N–H and O–H groups in total. The number of halogens is 2. The Morgan fingerprint density at radius 2 is 2.26 bits per heavy atom. The van der Waals surface area contributed by atoms with E-state index in [-0.39, 0.29) is 12.0 Å². The Kier molecular flexibility index (Phi) is 5.25. The van der Waals surface area contributed by atoms with E-state index in [1.54, 1.807) is 18.2 Å². The first kappa shape index (κ1) is 14.8. The smallest absolute Gasteiger partial charge is 0.252 e. The number of benzene rings is 1. The second kappa shape index (κ2) is 6.73. The molecule has 1 saturated carbocycles. The summed E-state index contributed by atoms with van der Waals surface area (Å²) in [5.74, 6) is 0.199. The SMILES string of the molecule is O=C(NCC1CCCC(O)C1)c1cccc(Br)c1Cl. The summed E-state index contributed by atoms with van der Waals surface area (Å²) in [7, 11) is 0. The van der Waals surface area contributed by atoms with E-state index in [9.17, 15) is 9.90 Å². The van der Waals surface area contributed by atoms with Crippen molar-refractivity contribution in [3.63, 3.8) is 0 Å². The lowest BCUT2D eigenvalue weighted by Crippen LogP contribution is -2.33. The monoisotopic (exact) mass is 345 g/mol. The van der Waals surface area contributed by atoms with Crippen molar-refractivity contribution in [2.24, 2.45) is 5.92 Å². The number of nitrogens with one attached hydrogen (secondary N) is 1. The van der Waals surface area contributed by atoms with Gasteiger partial charge in [0.2, 0.25) is 0 Å². The van der Waals surface area contributed by atoms with Gasteiger partial charge in [0.05, 0.1) is 16.7 Å². The topological polar surface area (TPSA) is 49.3 Å². The van der Waals surface area contributed by atoms with Gasteiger partial charge in [0.1, 0.15) is 0 Å². The third-order valence-corrected chi connectivity index (χ3v) is 4.80. The Bertz CT molecular complexity index is 467. The molecule has 104 valence electrons. The van der Waals surface area contributed by atoms with Gasteiger partial charge in [0.25, 0.3) is 5.91 Å². The fourth-order valence-electron chi connectivity index (χ4n) is 2.46. The van der Waals surface area contributed by atoms with E-state index in [1.807, 2.05) is 0 Å². The van der Waals surface area contributed by atoms with Gasteiger partial charge in [-0.25, -0.2) is 0 Å². The minimum absolute atomic E-state index is 0.161. The number of carbonyl (C=O) groups is 1. The Balaban J connectivity index is 1.92. The molecule has 2 rings (SSSR count). The predicted octanol–water partition coefficient (Wildman–Crippen LogP) is 3.38. The van der Waals surface area contributed by atoms with Crippen LogP contribution in [0.3, 0.4) is 0 Å². The van der Waals surface area contributed by atoms with E-state index < -0.39 is 0 Å². The summed E-state index contributed by atoms with van der Waals surface area (Å²) in [5, 5.41) is 12.9. The molecule has 0 aliphatic heterocycles. The van der Waals surface area contributed by atoms with Gasteiger partial charge < -0.3 is 10.4 Å². The molecule has 0 radical (unpaired) electrons. The Hall–Kier alpha value is -0.580. The van der Waals surface area contributed by atoms with Crippen LogP contribution in [0.5, 0.6) is 0 Å². The van der Waals surface area contributed by atoms with E-state index in [0.29, 0.717) is 23.0 Å². The molecule has 1 fully saturated rings. The number of aliphatic hydroxyl groups is 1. The number of carbonyl (C=O) groups excluding carboxylic acids is 1. The molecule has 1 aromatic carbocycles. The number of aliphatic hydroxyl groups excluding tert-OH is 1. The van der Waals surface area contributed by atoms with Gasteiger partial charge in [-0.3, -0.25) is 4.79 Å². The molecule has 0 spiro atoms. The maximum absolute atomic E-state index is 12.1. The normalized spacial score (nSPS) is 23.1. The first-order valence-electron chi connectivity index (χ1n) is 6.48. The van der Waals surface area contributed by atoms with Crippen molar-refractivity contribution in [3.8, 4) is 0 Å². The average molecular weight is 347 g/mol. The molecular weight excluding hydrogens is 330 g/mol. The molecule has 1 aliphatic rings. The largest absolute Gasteiger partial charge is 0.393 e. The van der Waals surface area contributed by atoms with Crippen molar-refractivity contribution in [3.05, 3.63) is 33.3 Å². The van der Waals surface area contributed by atoms with Crippen molar-refractivity contribution >= 4 is 33.4 Å². The van der Waals surface area contributed by atoms with Gasteiger partial charge in [-0.2, -0.15) is 0 Å². The van der Waals surface area contributed by atoms with E-state index >= 15 is 0 Å². The summed E-state index contributed by atoms with van der Waals surface area (Å²) < 4.78 is 0.718. The van der Waals surface area contributed by atoms with Gasteiger partial charge in [-0.15, -0.1) is 0 Å². The number of hydrogen-bond donors (Lipinski definition) is 2. The van der Waals surface area contributed by atoms with Crippen LogP contribution in [0.25, 0.3) is 0 Å². The predicted molar refractivity (Wildman–Crippen MR) is 79.5 cm³/mol. The summed E-state index contributed by atoms with van der Waals surface area (Å²) in [6.45, 7) is 0.596. The second-order valence-electron chi connectivity index (χ2n) is 5.00.